The molecular formula is C18H26N2O5. The molecule has 7 nitrogen and oxygen atoms in total. The Labute approximate surface area is 148 Å². The summed E-state index contributed by atoms with van der Waals surface area (Å²) in [5.41, 5.74) is 0.262. The van der Waals surface area contributed by atoms with Crippen LogP contribution in [0.15, 0.2) is 30.3 Å². The molecule has 1 aromatic rings. The number of hydrogen-bond donors (Lipinski definition) is 2. The number of hydrogen-bond acceptors (Lipinski definition) is 5. The minimum atomic E-state index is -0.768. The fraction of sp³-hybridized carbons (Fsp3) is 0.500. The van der Waals surface area contributed by atoms with Gasteiger partial charge >= 0.3 is 12.1 Å². The average Bonchev–Trinajstić information content (AvgIpc) is 2.51. The van der Waals surface area contributed by atoms with Crippen molar-refractivity contribution in [2.45, 2.75) is 52.4 Å². The number of nitrogens with one attached hydrogen (secondary N) is 2. The minimum absolute atomic E-state index is 0.0533. The van der Waals surface area contributed by atoms with E-state index in [-0.39, 0.29) is 19.6 Å². The quantitative estimate of drug-likeness (QED) is 0.735. The number of alkyl carbamates (subject to hydrolysis) is 1. The predicted molar refractivity (Wildman–Crippen MR) is 92.7 cm³/mol. The normalized spacial score (nSPS) is 12.0. The van der Waals surface area contributed by atoms with Crippen LogP contribution in [-0.2, 0) is 25.7 Å². The fourth-order valence-corrected chi connectivity index (χ4v) is 1.80. The lowest BCUT2D eigenvalue weighted by Crippen LogP contribution is -2.46. The first-order valence-electron chi connectivity index (χ1n) is 8.14. The minimum Gasteiger partial charge on any atom is -0.461 e. The largest absolute Gasteiger partial charge is 0.461 e. The monoisotopic (exact) mass is 350 g/mol. The third-order valence-electron chi connectivity index (χ3n) is 3.00. The number of carbonyl (C=O) groups excluding carboxylic acids is 3. The highest BCUT2D eigenvalue weighted by Crippen LogP contribution is 2.06. The highest BCUT2D eigenvalue weighted by atomic mass is 16.6. The van der Waals surface area contributed by atoms with Crippen LogP contribution in [0.3, 0.4) is 0 Å². The van der Waals surface area contributed by atoms with Gasteiger partial charge in [0.2, 0.25) is 5.91 Å². The van der Waals surface area contributed by atoms with Crippen molar-refractivity contribution in [3.05, 3.63) is 35.9 Å². The summed E-state index contributed by atoms with van der Waals surface area (Å²) in [6, 6.07) is 8.56. The lowest BCUT2D eigenvalue weighted by molar-refractivity contribution is -0.144. The standard InChI is InChI=1S/C18H26N2O5/c1-13(20-17(23)25-18(2,3)4)16(22)19-11-10-15(21)24-12-14-8-6-5-7-9-14/h5-9,13H,10-12H2,1-4H3,(H,19,22)(H,20,23)/t13-/m0/s1. The van der Waals surface area contributed by atoms with E-state index in [1.165, 1.54) is 6.92 Å². The molecule has 1 aromatic carbocycles. The second-order valence-corrected chi connectivity index (χ2v) is 6.56. The van der Waals surface area contributed by atoms with Crippen LogP contribution in [0.2, 0.25) is 0 Å². The Hall–Kier alpha value is -2.57. The van der Waals surface area contributed by atoms with Crippen molar-refractivity contribution in [1.82, 2.24) is 10.6 Å². The maximum Gasteiger partial charge on any atom is 0.408 e. The summed E-state index contributed by atoms with van der Waals surface area (Å²) in [4.78, 5) is 35.1. The highest BCUT2D eigenvalue weighted by molar-refractivity contribution is 5.85. The van der Waals surface area contributed by atoms with Crippen LogP contribution in [0.1, 0.15) is 39.7 Å². The molecular weight excluding hydrogens is 324 g/mol. The van der Waals surface area contributed by atoms with E-state index in [4.69, 9.17) is 9.47 Å². The van der Waals surface area contributed by atoms with Gasteiger partial charge in [-0.3, -0.25) is 9.59 Å². The number of benzene rings is 1. The molecule has 0 saturated heterocycles. The van der Waals surface area contributed by atoms with E-state index in [1.807, 2.05) is 30.3 Å². The molecule has 1 atom stereocenters. The van der Waals surface area contributed by atoms with Gasteiger partial charge in [0.05, 0.1) is 6.42 Å². The Morgan fingerprint density at radius 1 is 1.12 bits per heavy atom. The Bertz CT molecular complexity index is 581. The molecule has 138 valence electrons. The molecule has 0 spiro atoms. The van der Waals surface area contributed by atoms with Crippen LogP contribution in [0.25, 0.3) is 0 Å². The smallest absolute Gasteiger partial charge is 0.408 e. The lowest BCUT2D eigenvalue weighted by atomic mass is 10.2. The van der Waals surface area contributed by atoms with Crippen molar-refractivity contribution in [1.29, 1.82) is 0 Å². The van der Waals surface area contributed by atoms with Crippen LogP contribution in [0.5, 0.6) is 0 Å². The van der Waals surface area contributed by atoms with Gasteiger partial charge in [0.15, 0.2) is 0 Å². The number of ether oxygens (including phenoxy) is 2. The van der Waals surface area contributed by atoms with Gasteiger partial charge in [-0.2, -0.15) is 0 Å². The van der Waals surface area contributed by atoms with E-state index in [0.29, 0.717) is 0 Å². The first-order chi connectivity index (χ1) is 11.7. The summed E-state index contributed by atoms with van der Waals surface area (Å²) < 4.78 is 10.2. The molecule has 0 bridgehead atoms. The molecule has 25 heavy (non-hydrogen) atoms. The number of carbonyl (C=O) groups is 3. The summed E-state index contributed by atoms with van der Waals surface area (Å²) in [5.74, 6) is -0.807. The van der Waals surface area contributed by atoms with Gasteiger partial charge < -0.3 is 20.1 Å². The third-order valence-corrected chi connectivity index (χ3v) is 3.00. The topological polar surface area (TPSA) is 93.7 Å². The summed E-state index contributed by atoms with van der Waals surface area (Å²) in [5, 5.41) is 5.00. The number of esters is 1. The Kier molecular flexibility index (Phi) is 7.91. The maximum absolute atomic E-state index is 11.9. The molecule has 1 rings (SSSR count). The maximum atomic E-state index is 11.9. The molecule has 7 heteroatoms. The van der Waals surface area contributed by atoms with E-state index in [0.717, 1.165) is 5.56 Å². The predicted octanol–water partition coefficient (Wildman–Crippen LogP) is 2.15. The van der Waals surface area contributed by atoms with Crippen LogP contribution < -0.4 is 10.6 Å². The number of amides is 2. The van der Waals surface area contributed by atoms with Crippen LogP contribution in [0.4, 0.5) is 4.79 Å². The first-order valence-corrected chi connectivity index (χ1v) is 8.14. The highest BCUT2D eigenvalue weighted by Gasteiger charge is 2.20. The molecule has 0 aromatic heterocycles. The Balaban J connectivity index is 2.22. The van der Waals surface area contributed by atoms with E-state index in [1.54, 1.807) is 20.8 Å². The van der Waals surface area contributed by atoms with Crippen molar-refractivity contribution in [3.63, 3.8) is 0 Å². The van der Waals surface area contributed by atoms with Crippen LogP contribution in [-0.4, -0.2) is 36.2 Å². The van der Waals surface area contributed by atoms with Gasteiger partial charge in [0, 0.05) is 6.54 Å². The van der Waals surface area contributed by atoms with Crippen molar-refractivity contribution in [2.75, 3.05) is 6.54 Å². The van der Waals surface area contributed by atoms with Crippen molar-refractivity contribution >= 4 is 18.0 Å². The van der Waals surface area contributed by atoms with Crippen molar-refractivity contribution < 1.29 is 23.9 Å². The fourth-order valence-electron chi connectivity index (χ4n) is 1.80. The zero-order valence-electron chi connectivity index (χ0n) is 15.1. The summed E-state index contributed by atoms with van der Waals surface area (Å²) in [7, 11) is 0. The van der Waals surface area contributed by atoms with Gasteiger partial charge in [-0.15, -0.1) is 0 Å². The average molecular weight is 350 g/mol. The van der Waals surface area contributed by atoms with Gasteiger partial charge in [0.1, 0.15) is 18.2 Å². The Morgan fingerprint density at radius 3 is 2.36 bits per heavy atom. The molecule has 0 saturated carbocycles. The molecule has 0 unspecified atom stereocenters. The SMILES string of the molecule is C[C@H](NC(=O)OC(C)(C)C)C(=O)NCCC(=O)OCc1ccccc1. The van der Waals surface area contributed by atoms with E-state index >= 15 is 0 Å². The van der Waals surface area contributed by atoms with Crippen LogP contribution >= 0.6 is 0 Å². The molecule has 0 aliphatic heterocycles. The number of rotatable bonds is 7. The lowest BCUT2D eigenvalue weighted by Gasteiger charge is -2.21. The van der Waals surface area contributed by atoms with Crippen molar-refractivity contribution in [3.8, 4) is 0 Å². The van der Waals surface area contributed by atoms with Gasteiger partial charge in [-0.1, -0.05) is 30.3 Å². The summed E-state index contributed by atoms with van der Waals surface area (Å²) in [6.45, 7) is 7.07. The third kappa shape index (κ3) is 9.34. The molecule has 0 heterocycles. The summed E-state index contributed by atoms with van der Waals surface area (Å²) >= 11 is 0. The van der Waals surface area contributed by atoms with E-state index in [9.17, 15) is 14.4 Å². The van der Waals surface area contributed by atoms with Crippen molar-refractivity contribution in [2.24, 2.45) is 0 Å². The zero-order valence-corrected chi connectivity index (χ0v) is 15.1. The molecule has 0 aliphatic rings. The van der Waals surface area contributed by atoms with Gasteiger partial charge in [-0.25, -0.2) is 4.79 Å². The second kappa shape index (κ2) is 9.66. The zero-order chi connectivity index (χ0) is 18.9. The molecule has 2 N–H and O–H groups in total. The van der Waals surface area contributed by atoms with Crippen LogP contribution in [0, 0.1) is 0 Å². The Morgan fingerprint density at radius 2 is 1.76 bits per heavy atom. The summed E-state index contributed by atoms with van der Waals surface area (Å²) in [6.07, 6.45) is -0.616. The molecule has 0 radical (unpaired) electrons. The van der Waals surface area contributed by atoms with Gasteiger partial charge in [-0.05, 0) is 33.3 Å². The first kappa shape index (κ1) is 20.5. The van der Waals surface area contributed by atoms with E-state index in [2.05, 4.69) is 10.6 Å². The molecule has 0 fully saturated rings. The second-order valence-electron chi connectivity index (χ2n) is 6.56. The molecule has 2 amide bonds. The molecule has 0 aliphatic carbocycles. The van der Waals surface area contributed by atoms with Gasteiger partial charge in [0.25, 0.3) is 0 Å². The van der Waals surface area contributed by atoms with E-state index < -0.39 is 29.6 Å².